The summed E-state index contributed by atoms with van der Waals surface area (Å²) in [5, 5.41) is 3.33. The SMILES string of the molecule is CCCCCNc1ccc(C(C)=O)cc1. The van der Waals surface area contributed by atoms with Crippen LogP contribution in [-0.2, 0) is 0 Å². The largest absolute Gasteiger partial charge is 0.385 e. The summed E-state index contributed by atoms with van der Waals surface area (Å²) in [6.45, 7) is 4.79. The summed E-state index contributed by atoms with van der Waals surface area (Å²) in [7, 11) is 0. The van der Waals surface area contributed by atoms with E-state index in [-0.39, 0.29) is 5.78 Å². The molecule has 2 heteroatoms. The van der Waals surface area contributed by atoms with Gasteiger partial charge in [0, 0.05) is 17.8 Å². The normalized spacial score (nSPS) is 10.0. The molecule has 1 aromatic carbocycles. The highest BCUT2D eigenvalue weighted by molar-refractivity contribution is 5.94. The van der Waals surface area contributed by atoms with Crippen LogP contribution in [0.4, 0.5) is 5.69 Å². The van der Waals surface area contributed by atoms with Crippen molar-refractivity contribution < 1.29 is 4.79 Å². The van der Waals surface area contributed by atoms with Gasteiger partial charge in [-0.05, 0) is 37.6 Å². The molecule has 0 unspecified atom stereocenters. The Labute approximate surface area is 91.7 Å². The Kier molecular flexibility index (Phi) is 4.88. The van der Waals surface area contributed by atoms with Crippen LogP contribution in [0.1, 0.15) is 43.5 Å². The van der Waals surface area contributed by atoms with E-state index in [1.807, 2.05) is 24.3 Å². The summed E-state index contributed by atoms with van der Waals surface area (Å²) in [6.07, 6.45) is 3.70. The van der Waals surface area contributed by atoms with Crippen LogP contribution in [-0.4, -0.2) is 12.3 Å². The highest BCUT2D eigenvalue weighted by Gasteiger charge is 1.97. The molecule has 0 saturated heterocycles. The molecule has 0 aliphatic heterocycles. The summed E-state index contributed by atoms with van der Waals surface area (Å²) >= 11 is 0. The standard InChI is InChI=1S/C13H19NO/c1-3-4-5-10-14-13-8-6-12(7-9-13)11(2)15/h6-9,14H,3-5,10H2,1-2H3. The Morgan fingerprint density at radius 2 is 1.87 bits per heavy atom. The summed E-state index contributed by atoms with van der Waals surface area (Å²) in [6, 6.07) is 7.65. The first-order valence-corrected chi connectivity index (χ1v) is 5.59. The fourth-order valence-electron chi connectivity index (χ4n) is 1.43. The lowest BCUT2D eigenvalue weighted by molar-refractivity contribution is 0.101. The van der Waals surface area contributed by atoms with E-state index in [0.29, 0.717) is 0 Å². The molecule has 0 aliphatic rings. The average Bonchev–Trinajstić information content (AvgIpc) is 2.25. The van der Waals surface area contributed by atoms with Gasteiger partial charge in [0.15, 0.2) is 5.78 Å². The Morgan fingerprint density at radius 3 is 2.40 bits per heavy atom. The van der Waals surface area contributed by atoms with Gasteiger partial charge in [0.1, 0.15) is 0 Å². The monoisotopic (exact) mass is 205 g/mol. The van der Waals surface area contributed by atoms with E-state index in [1.54, 1.807) is 6.92 Å². The Balaban J connectivity index is 2.39. The van der Waals surface area contributed by atoms with Gasteiger partial charge in [0.25, 0.3) is 0 Å². The van der Waals surface area contributed by atoms with Gasteiger partial charge in [0.05, 0.1) is 0 Å². The number of benzene rings is 1. The lowest BCUT2D eigenvalue weighted by Crippen LogP contribution is -2.01. The maximum Gasteiger partial charge on any atom is 0.159 e. The van der Waals surface area contributed by atoms with E-state index in [2.05, 4.69) is 12.2 Å². The predicted molar refractivity (Wildman–Crippen MR) is 64.5 cm³/mol. The molecule has 0 aromatic heterocycles. The second-order valence-electron chi connectivity index (χ2n) is 3.77. The zero-order valence-electron chi connectivity index (χ0n) is 9.55. The van der Waals surface area contributed by atoms with E-state index in [4.69, 9.17) is 0 Å². The molecule has 2 nitrogen and oxygen atoms in total. The van der Waals surface area contributed by atoms with Crippen molar-refractivity contribution in [1.82, 2.24) is 0 Å². The molecule has 0 atom stereocenters. The topological polar surface area (TPSA) is 29.1 Å². The van der Waals surface area contributed by atoms with Crippen LogP contribution in [0.25, 0.3) is 0 Å². The van der Waals surface area contributed by atoms with Crippen LogP contribution in [0.3, 0.4) is 0 Å². The molecule has 0 saturated carbocycles. The third kappa shape index (κ3) is 4.15. The highest BCUT2D eigenvalue weighted by atomic mass is 16.1. The molecule has 0 spiro atoms. The van der Waals surface area contributed by atoms with Crippen molar-refractivity contribution in [3.8, 4) is 0 Å². The number of ketones is 1. The molecule has 82 valence electrons. The van der Waals surface area contributed by atoms with E-state index in [9.17, 15) is 4.79 Å². The first-order valence-electron chi connectivity index (χ1n) is 5.59. The molecule has 0 fully saturated rings. The van der Waals surface area contributed by atoms with Crippen molar-refractivity contribution >= 4 is 11.5 Å². The Hall–Kier alpha value is -1.31. The molecule has 15 heavy (non-hydrogen) atoms. The summed E-state index contributed by atoms with van der Waals surface area (Å²) < 4.78 is 0. The number of unbranched alkanes of at least 4 members (excludes halogenated alkanes) is 2. The van der Waals surface area contributed by atoms with Gasteiger partial charge in [-0.2, -0.15) is 0 Å². The van der Waals surface area contributed by atoms with Gasteiger partial charge in [-0.25, -0.2) is 0 Å². The van der Waals surface area contributed by atoms with Crippen LogP contribution in [0.2, 0.25) is 0 Å². The average molecular weight is 205 g/mol. The number of nitrogens with one attached hydrogen (secondary N) is 1. The molecule has 1 N–H and O–H groups in total. The quantitative estimate of drug-likeness (QED) is 0.569. The zero-order chi connectivity index (χ0) is 11.1. The molecule has 0 aliphatic carbocycles. The van der Waals surface area contributed by atoms with Gasteiger partial charge < -0.3 is 5.32 Å². The second kappa shape index (κ2) is 6.23. The van der Waals surface area contributed by atoms with Crippen LogP contribution in [0.15, 0.2) is 24.3 Å². The number of carbonyl (C=O) groups is 1. The molecule has 1 rings (SSSR count). The van der Waals surface area contributed by atoms with Crippen molar-refractivity contribution in [2.45, 2.75) is 33.1 Å². The summed E-state index contributed by atoms with van der Waals surface area (Å²) in [5.41, 5.74) is 1.87. The van der Waals surface area contributed by atoms with Crippen LogP contribution in [0.5, 0.6) is 0 Å². The number of carbonyl (C=O) groups excluding carboxylic acids is 1. The Bertz CT molecular complexity index is 303. The molecule has 0 amide bonds. The van der Waals surface area contributed by atoms with Gasteiger partial charge in [-0.1, -0.05) is 19.8 Å². The maximum absolute atomic E-state index is 11.0. The molecule has 0 heterocycles. The number of anilines is 1. The first kappa shape index (κ1) is 11.8. The molecule has 0 radical (unpaired) electrons. The Morgan fingerprint density at radius 1 is 1.20 bits per heavy atom. The molecule has 0 bridgehead atoms. The van der Waals surface area contributed by atoms with Crippen LogP contribution < -0.4 is 5.32 Å². The summed E-state index contributed by atoms with van der Waals surface area (Å²) in [5.74, 6) is 0.118. The molecular formula is C13H19NO. The van der Waals surface area contributed by atoms with Crippen LogP contribution in [0, 0.1) is 0 Å². The molecular weight excluding hydrogens is 186 g/mol. The van der Waals surface area contributed by atoms with Crippen molar-refractivity contribution in [3.63, 3.8) is 0 Å². The first-order chi connectivity index (χ1) is 7.24. The number of rotatable bonds is 6. The minimum absolute atomic E-state index is 0.118. The van der Waals surface area contributed by atoms with Crippen molar-refractivity contribution in [3.05, 3.63) is 29.8 Å². The van der Waals surface area contributed by atoms with Gasteiger partial charge in [-0.3, -0.25) is 4.79 Å². The van der Waals surface area contributed by atoms with Crippen molar-refractivity contribution in [1.29, 1.82) is 0 Å². The minimum atomic E-state index is 0.118. The van der Waals surface area contributed by atoms with E-state index < -0.39 is 0 Å². The van der Waals surface area contributed by atoms with E-state index in [0.717, 1.165) is 17.8 Å². The third-order valence-corrected chi connectivity index (χ3v) is 2.40. The smallest absolute Gasteiger partial charge is 0.159 e. The van der Waals surface area contributed by atoms with Crippen LogP contribution >= 0.6 is 0 Å². The summed E-state index contributed by atoms with van der Waals surface area (Å²) in [4.78, 5) is 11.0. The van der Waals surface area contributed by atoms with E-state index >= 15 is 0 Å². The van der Waals surface area contributed by atoms with Crippen molar-refractivity contribution in [2.75, 3.05) is 11.9 Å². The second-order valence-corrected chi connectivity index (χ2v) is 3.77. The zero-order valence-corrected chi connectivity index (χ0v) is 9.55. The van der Waals surface area contributed by atoms with Gasteiger partial charge in [0.2, 0.25) is 0 Å². The van der Waals surface area contributed by atoms with Crippen molar-refractivity contribution in [2.24, 2.45) is 0 Å². The fraction of sp³-hybridized carbons (Fsp3) is 0.462. The molecule has 1 aromatic rings. The lowest BCUT2D eigenvalue weighted by atomic mass is 10.1. The fourth-order valence-corrected chi connectivity index (χ4v) is 1.43. The number of hydrogen-bond acceptors (Lipinski definition) is 2. The maximum atomic E-state index is 11.0. The highest BCUT2D eigenvalue weighted by Crippen LogP contribution is 2.10. The number of hydrogen-bond donors (Lipinski definition) is 1. The number of Topliss-reactive ketones (excluding diaryl/α,β-unsaturated/α-hetero) is 1. The van der Waals surface area contributed by atoms with E-state index in [1.165, 1.54) is 19.3 Å². The third-order valence-electron chi connectivity index (χ3n) is 2.40. The van der Waals surface area contributed by atoms with Gasteiger partial charge >= 0.3 is 0 Å². The minimum Gasteiger partial charge on any atom is -0.385 e. The van der Waals surface area contributed by atoms with Gasteiger partial charge in [-0.15, -0.1) is 0 Å². The lowest BCUT2D eigenvalue weighted by Gasteiger charge is -2.05. The predicted octanol–water partition coefficient (Wildman–Crippen LogP) is 3.49.